The normalized spacial score (nSPS) is 13.6. The highest BCUT2D eigenvalue weighted by atomic mass is 32.1. The summed E-state index contributed by atoms with van der Waals surface area (Å²) in [5.74, 6) is -0.569. The summed E-state index contributed by atoms with van der Waals surface area (Å²) in [6.45, 7) is 2.99. The third-order valence-corrected chi connectivity index (χ3v) is 4.73. The maximum absolute atomic E-state index is 12.2. The molecule has 2 heterocycles. The van der Waals surface area contributed by atoms with Gasteiger partial charge >= 0.3 is 5.97 Å². The Morgan fingerprint density at radius 1 is 1.18 bits per heavy atom. The Balaban J connectivity index is 1.56. The molecule has 0 N–H and O–H groups in total. The smallest absolute Gasteiger partial charge is 0.348 e. The van der Waals surface area contributed by atoms with Gasteiger partial charge in [0.25, 0.3) is 5.91 Å². The lowest BCUT2D eigenvalue weighted by molar-refractivity contribution is -0.135. The van der Waals surface area contributed by atoms with E-state index in [1.54, 1.807) is 11.0 Å². The minimum absolute atomic E-state index is 0.142. The van der Waals surface area contributed by atoms with Crippen LogP contribution in [-0.2, 0) is 22.5 Å². The van der Waals surface area contributed by atoms with Crippen molar-refractivity contribution in [1.29, 1.82) is 0 Å². The minimum Gasteiger partial charge on any atom is -0.451 e. The van der Waals surface area contributed by atoms with Crippen LogP contribution in [0.1, 0.15) is 25.7 Å². The lowest BCUT2D eigenvalue weighted by Gasteiger charge is -2.28. The number of carbonyl (C=O) groups is 2. The molecule has 1 amide bonds. The van der Waals surface area contributed by atoms with E-state index in [1.165, 1.54) is 22.5 Å². The van der Waals surface area contributed by atoms with Crippen LogP contribution in [0, 0.1) is 6.92 Å². The van der Waals surface area contributed by atoms with Gasteiger partial charge in [0.1, 0.15) is 4.88 Å². The summed E-state index contributed by atoms with van der Waals surface area (Å²) < 4.78 is 5.12. The van der Waals surface area contributed by atoms with Crippen LogP contribution in [-0.4, -0.2) is 29.9 Å². The Kier molecular flexibility index (Phi) is 4.24. The number of ether oxygens (including phenoxy) is 1. The molecule has 3 rings (SSSR count). The van der Waals surface area contributed by atoms with E-state index in [4.69, 9.17) is 4.74 Å². The highest BCUT2D eigenvalue weighted by molar-refractivity contribution is 7.13. The topological polar surface area (TPSA) is 46.6 Å². The molecule has 0 bridgehead atoms. The number of carbonyl (C=O) groups excluding carboxylic acids is 2. The van der Waals surface area contributed by atoms with Crippen molar-refractivity contribution in [3.05, 3.63) is 57.3 Å². The van der Waals surface area contributed by atoms with Crippen molar-refractivity contribution in [3.8, 4) is 0 Å². The van der Waals surface area contributed by atoms with Crippen molar-refractivity contribution in [3.63, 3.8) is 0 Å². The lowest BCUT2D eigenvalue weighted by Crippen LogP contribution is -2.38. The number of hydrogen-bond acceptors (Lipinski definition) is 4. The summed E-state index contributed by atoms with van der Waals surface area (Å²) in [6.07, 6.45) is 0.847. The highest BCUT2D eigenvalue weighted by Gasteiger charge is 2.21. The number of rotatable bonds is 3. The first-order chi connectivity index (χ1) is 10.6. The molecule has 0 radical (unpaired) electrons. The molecule has 4 nitrogen and oxygen atoms in total. The molecule has 0 spiro atoms. The van der Waals surface area contributed by atoms with E-state index in [9.17, 15) is 9.59 Å². The van der Waals surface area contributed by atoms with Gasteiger partial charge < -0.3 is 9.64 Å². The van der Waals surface area contributed by atoms with E-state index in [1.807, 2.05) is 31.2 Å². The van der Waals surface area contributed by atoms with E-state index in [2.05, 4.69) is 6.07 Å². The summed E-state index contributed by atoms with van der Waals surface area (Å²) in [4.78, 5) is 27.4. The van der Waals surface area contributed by atoms with Crippen LogP contribution in [0.3, 0.4) is 0 Å². The Morgan fingerprint density at radius 2 is 1.95 bits per heavy atom. The summed E-state index contributed by atoms with van der Waals surface area (Å²) in [5.41, 5.74) is 2.46. The van der Waals surface area contributed by atoms with E-state index in [0.29, 0.717) is 18.0 Å². The third kappa shape index (κ3) is 3.20. The molecule has 0 unspecified atom stereocenters. The number of amides is 1. The predicted octanol–water partition coefficient (Wildman–Crippen LogP) is 2.80. The number of fused-ring (bicyclic) bond motifs is 1. The molecule has 1 aliphatic rings. The van der Waals surface area contributed by atoms with Crippen LogP contribution >= 0.6 is 11.3 Å². The molecular formula is C17H17NO3S. The molecule has 1 aromatic carbocycles. The molecule has 0 atom stereocenters. The number of aryl methyl sites for hydroxylation is 1. The second kappa shape index (κ2) is 6.32. The third-order valence-electron chi connectivity index (χ3n) is 3.75. The van der Waals surface area contributed by atoms with Gasteiger partial charge in [-0.1, -0.05) is 24.3 Å². The van der Waals surface area contributed by atoms with Gasteiger partial charge in [-0.05, 0) is 36.6 Å². The fourth-order valence-electron chi connectivity index (χ4n) is 2.54. The van der Waals surface area contributed by atoms with Crippen LogP contribution in [0.4, 0.5) is 0 Å². The zero-order valence-corrected chi connectivity index (χ0v) is 13.2. The van der Waals surface area contributed by atoms with Crippen molar-refractivity contribution in [2.24, 2.45) is 0 Å². The van der Waals surface area contributed by atoms with E-state index in [0.717, 1.165) is 11.3 Å². The quantitative estimate of drug-likeness (QED) is 0.818. The molecule has 1 aliphatic heterocycles. The van der Waals surface area contributed by atoms with E-state index in [-0.39, 0.29) is 12.5 Å². The molecule has 1 aromatic heterocycles. The average molecular weight is 315 g/mol. The number of hydrogen-bond donors (Lipinski definition) is 0. The van der Waals surface area contributed by atoms with E-state index >= 15 is 0 Å². The summed E-state index contributed by atoms with van der Waals surface area (Å²) >= 11 is 1.37. The summed E-state index contributed by atoms with van der Waals surface area (Å²) in [7, 11) is 0. The summed E-state index contributed by atoms with van der Waals surface area (Å²) in [6, 6.07) is 11.7. The Bertz CT molecular complexity index is 707. The first-order valence-corrected chi connectivity index (χ1v) is 8.03. The van der Waals surface area contributed by atoms with Crippen molar-refractivity contribution < 1.29 is 14.3 Å². The standard InChI is InChI=1S/C17H17NO3S/c1-12-6-7-15(22-12)17(20)21-11-16(19)18-9-8-13-4-2-3-5-14(13)10-18/h2-7H,8-11H2,1H3. The van der Waals surface area contributed by atoms with E-state index < -0.39 is 5.97 Å². The van der Waals surface area contributed by atoms with Gasteiger partial charge in [0.05, 0.1) is 0 Å². The monoisotopic (exact) mass is 315 g/mol. The lowest BCUT2D eigenvalue weighted by atomic mass is 10.00. The maximum Gasteiger partial charge on any atom is 0.348 e. The van der Waals surface area contributed by atoms with Crippen LogP contribution < -0.4 is 0 Å². The van der Waals surface area contributed by atoms with Gasteiger partial charge in [-0.2, -0.15) is 0 Å². The van der Waals surface area contributed by atoms with Crippen LogP contribution in [0.2, 0.25) is 0 Å². The number of thiophene rings is 1. The van der Waals surface area contributed by atoms with Gasteiger partial charge in [-0.3, -0.25) is 4.79 Å². The van der Waals surface area contributed by atoms with Crippen LogP contribution in [0.15, 0.2) is 36.4 Å². The van der Waals surface area contributed by atoms with Gasteiger partial charge in [-0.15, -0.1) is 11.3 Å². The first kappa shape index (κ1) is 14.8. The Morgan fingerprint density at radius 3 is 2.68 bits per heavy atom. The molecule has 5 heteroatoms. The van der Waals surface area contributed by atoms with Crippen molar-refractivity contribution in [1.82, 2.24) is 4.90 Å². The maximum atomic E-state index is 12.2. The highest BCUT2D eigenvalue weighted by Crippen LogP contribution is 2.19. The van der Waals surface area contributed by atoms with Crippen LogP contribution in [0.25, 0.3) is 0 Å². The van der Waals surface area contributed by atoms with Crippen molar-refractivity contribution in [2.45, 2.75) is 19.9 Å². The van der Waals surface area contributed by atoms with Gasteiger partial charge in [0.2, 0.25) is 0 Å². The first-order valence-electron chi connectivity index (χ1n) is 7.21. The predicted molar refractivity (Wildman–Crippen MR) is 84.9 cm³/mol. The second-order valence-electron chi connectivity index (χ2n) is 5.32. The molecule has 0 fully saturated rings. The zero-order chi connectivity index (χ0) is 15.5. The van der Waals surface area contributed by atoms with Gasteiger partial charge in [0.15, 0.2) is 6.61 Å². The summed E-state index contributed by atoms with van der Waals surface area (Å²) in [5, 5.41) is 0. The Hall–Kier alpha value is -2.14. The molecular weight excluding hydrogens is 298 g/mol. The molecule has 2 aromatic rings. The number of benzene rings is 1. The van der Waals surface area contributed by atoms with Gasteiger partial charge in [-0.25, -0.2) is 4.79 Å². The van der Waals surface area contributed by atoms with Crippen molar-refractivity contribution >= 4 is 23.2 Å². The minimum atomic E-state index is -0.427. The largest absolute Gasteiger partial charge is 0.451 e. The van der Waals surface area contributed by atoms with Crippen molar-refractivity contribution in [2.75, 3.05) is 13.2 Å². The average Bonchev–Trinajstić information content (AvgIpc) is 2.98. The molecule has 0 saturated carbocycles. The fraction of sp³-hybridized carbons (Fsp3) is 0.294. The van der Waals surface area contributed by atoms with Crippen LogP contribution in [0.5, 0.6) is 0 Å². The number of nitrogens with zero attached hydrogens (tertiary/aromatic N) is 1. The fourth-order valence-corrected chi connectivity index (χ4v) is 3.30. The van der Waals surface area contributed by atoms with Gasteiger partial charge in [0, 0.05) is 18.0 Å². The molecule has 0 saturated heterocycles. The Labute approximate surface area is 133 Å². The zero-order valence-electron chi connectivity index (χ0n) is 12.4. The SMILES string of the molecule is Cc1ccc(C(=O)OCC(=O)N2CCc3ccccc3C2)s1. The molecule has 0 aliphatic carbocycles. The molecule has 22 heavy (non-hydrogen) atoms. The molecule has 114 valence electrons. The second-order valence-corrected chi connectivity index (χ2v) is 6.61. The number of esters is 1.